The molecule has 0 atom stereocenters. The third-order valence-electron chi connectivity index (χ3n) is 2.86. The lowest BCUT2D eigenvalue weighted by Crippen LogP contribution is -2.29. The Morgan fingerprint density at radius 2 is 2.05 bits per heavy atom. The van der Waals surface area contributed by atoms with Crippen LogP contribution >= 0.6 is 12.2 Å². The number of hydrogen-bond donors (Lipinski definition) is 1. The summed E-state index contributed by atoms with van der Waals surface area (Å²) in [6.45, 7) is 4.01. The predicted octanol–water partition coefficient (Wildman–Crippen LogP) is 2.13. The highest BCUT2D eigenvalue weighted by molar-refractivity contribution is 7.92. The molecule has 2 N–H and O–H groups in total. The molecule has 0 amide bonds. The van der Waals surface area contributed by atoms with Gasteiger partial charge in [0.05, 0.1) is 11.4 Å². The van der Waals surface area contributed by atoms with Crippen LogP contribution < -0.4 is 10.0 Å². The number of sulfonamides is 1. The number of nitrogens with two attached hydrogens (primary N) is 1. The summed E-state index contributed by atoms with van der Waals surface area (Å²) in [5.74, 6) is 0.490. The molecule has 4 nitrogen and oxygen atoms in total. The lowest BCUT2D eigenvalue weighted by atomic mass is 10.2. The van der Waals surface area contributed by atoms with E-state index in [1.54, 1.807) is 31.3 Å². The highest BCUT2D eigenvalue weighted by Gasteiger charge is 2.19. The maximum absolute atomic E-state index is 12.2. The average molecular weight is 300 g/mol. The summed E-state index contributed by atoms with van der Waals surface area (Å²) >= 11 is 4.90. The summed E-state index contributed by atoms with van der Waals surface area (Å²) < 4.78 is 25.6. The predicted molar refractivity (Wildman–Crippen MR) is 84.0 cm³/mol. The van der Waals surface area contributed by atoms with Crippen LogP contribution in [-0.2, 0) is 10.0 Å². The van der Waals surface area contributed by atoms with E-state index in [0.29, 0.717) is 23.6 Å². The largest absolute Gasteiger partial charge is 0.389 e. The Morgan fingerprint density at radius 3 is 2.58 bits per heavy atom. The molecule has 0 aliphatic heterocycles. The van der Waals surface area contributed by atoms with Crippen molar-refractivity contribution in [3.8, 4) is 0 Å². The molecular weight excluding hydrogens is 280 g/mol. The van der Waals surface area contributed by atoms with E-state index in [4.69, 9.17) is 18.0 Å². The number of anilines is 1. The van der Waals surface area contributed by atoms with Gasteiger partial charge in [0, 0.05) is 12.6 Å². The number of thiocarbonyl (C=S) groups is 1. The molecule has 19 heavy (non-hydrogen) atoms. The second kappa shape index (κ2) is 6.34. The van der Waals surface area contributed by atoms with Crippen LogP contribution in [0.2, 0.25) is 0 Å². The fraction of sp³-hybridized carbons (Fsp3) is 0.462. The molecule has 0 bridgehead atoms. The van der Waals surface area contributed by atoms with Crippen molar-refractivity contribution in [3.63, 3.8) is 0 Å². The van der Waals surface area contributed by atoms with Gasteiger partial charge in [0.2, 0.25) is 10.0 Å². The molecule has 0 radical (unpaired) electrons. The molecule has 0 heterocycles. The van der Waals surface area contributed by atoms with Gasteiger partial charge in [-0.1, -0.05) is 38.2 Å². The van der Waals surface area contributed by atoms with Gasteiger partial charge in [-0.3, -0.25) is 4.31 Å². The minimum atomic E-state index is -3.30. The van der Waals surface area contributed by atoms with Crippen LogP contribution in [0.4, 0.5) is 5.69 Å². The first-order valence-corrected chi connectivity index (χ1v) is 8.12. The first kappa shape index (κ1) is 15.9. The zero-order valence-corrected chi connectivity index (χ0v) is 13.1. The molecule has 0 fully saturated rings. The molecule has 0 spiro atoms. The number of nitrogens with zero attached hydrogens (tertiary/aromatic N) is 1. The Labute approximate surface area is 120 Å². The van der Waals surface area contributed by atoms with Crippen molar-refractivity contribution in [2.45, 2.75) is 20.3 Å². The van der Waals surface area contributed by atoms with Crippen molar-refractivity contribution in [1.82, 2.24) is 0 Å². The van der Waals surface area contributed by atoms with Crippen LogP contribution in [0.3, 0.4) is 0 Å². The van der Waals surface area contributed by atoms with Crippen molar-refractivity contribution in [2.75, 3.05) is 17.1 Å². The topological polar surface area (TPSA) is 63.4 Å². The van der Waals surface area contributed by atoms with E-state index in [2.05, 4.69) is 0 Å². The van der Waals surface area contributed by atoms with E-state index >= 15 is 0 Å². The van der Waals surface area contributed by atoms with Crippen LogP contribution in [0.15, 0.2) is 24.3 Å². The van der Waals surface area contributed by atoms with Crippen LogP contribution in [0, 0.1) is 5.92 Å². The van der Waals surface area contributed by atoms with E-state index in [1.807, 2.05) is 13.8 Å². The molecule has 0 unspecified atom stereocenters. The standard InChI is InChI=1S/C13H20N2O2S2/c1-10(2)7-8-19(16,17)15(3)12-6-4-5-11(9-12)13(14)18/h4-6,9-10H,7-8H2,1-3H3,(H2,14,18). The average Bonchev–Trinajstić information content (AvgIpc) is 2.35. The summed E-state index contributed by atoms with van der Waals surface area (Å²) in [6.07, 6.45) is 0.641. The first-order valence-electron chi connectivity index (χ1n) is 6.10. The molecule has 1 rings (SSSR count). The van der Waals surface area contributed by atoms with Gasteiger partial charge in [-0.15, -0.1) is 0 Å². The zero-order valence-electron chi connectivity index (χ0n) is 11.5. The molecule has 0 aliphatic carbocycles. The molecule has 1 aromatic carbocycles. The summed E-state index contributed by atoms with van der Waals surface area (Å²) in [6, 6.07) is 6.93. The Hall–Kier alpha value is -1.14. The lowest BCUT2D eigenvalue weighted by molar-refractivity contribution is 0.572. The molecule has 0 saturated heterocycles. The molecule has 106 valence electrons. The Bertz CT molecular complexity index is 554. The monoisotopic (exact) mass is 300 g/mol. The van der Waals surface area contributed by atoms with Crippen LogP contribution in [0.25, 0.3) is 0 Å². The van der Waals surface area contributed by atoms with Crippen LogP contribution in [-0.4, -0.2) is 26.2 Å². The van der Waals surface area contributed by atoms with E-state index in [9.17, 15) is 8.42 Å². The molecule has 0 aromatic heterocycles. The van der Waals surface area contributed by atoms with E-state index < -0.39 is 10.0 Å². The van der Waals surface area contributed by atoms with E-state index in [0.717, 1.165) is 0 Å². The zero-order chi connectivity index (χ0) is 14.6. The molecule has 0 aliphatic rings. The van der Waals surface area contributed by atoms with E-state index in [1.165, 1.54) is 4.31 Å². The second-order valence-electron chi connectivity index (χ2n) is 4.88. The summed E-state index contributed by atoms with van der Waals surface area (Å²) in [4.78, 5) is 0.259. The van der Waals surface area contributed by atoms with Crippen molar-refractivity contribution in [3.05, 3.63) is 29.8 Å². The molecule has 1 aromatic rings. The molecule has 0 saturated carbocycles. The summed E-state index contributed by atoms with van der Waals surface area (Å²) in [5, 5.41) is 0. The van der Waals surface area contributed by atoms with Gasteiger partial charge in [0.25, 0.3) is 0 Å². The number of hydrogen-bond acceptors (Lipinski definition) is 3. The summed E-state index contributed by atoms with van der Waals surface area (Å²) in [5.41, 5.74) is 6.80. The van der Waals surface area contributed by atoms with Crippen molar-refractivity contribution in [1.29, 1.82) is 0 Å². The fourth-order valence-electron chi connectivity index (χ4n) is 1.54. The number of rotatable bonds is 6. The maximum Gasteiger partial charge on any atom is 0.234 e. The van der Waals surface area contributed by atoms with Crippen molar-refractivity contribution >= 4 is 32.9 Å². The molecule has 6 heteroatoms. The third kappa shape index (κ3) is 4.47. The third-order valence-corrected chi connectivity index (χ3v) is 4.90. The second-order valence-corrected chi connectivity index (χ2v) is 7.44. The van der Waals surface area contributed by atoms with Gasteiger partial charge in [0.15, 0.2) is 0 Å². The highest BCUT2D eigenvalue weighted by Crippen LogP contribution is 2.19. The van der Waals surface area contributed by atoms with Crippen LogP contribution in [0.1, 0.15) is 25.8 Å². The van der Waals surface area contributed by atoms with Gasteiger partial charge in [0.1, 0.15) is 4.99 Å². The smallest absolute Gasteiger partial charge is 0.234 e. The van der Waals surface area contributed by atoms with Gasteiger partial charge in [-0.25, -0.2) is 8.42 Å². The Kier molecular flexibility index (Phi) is 5.31. The maximum atomic E-state index is 12.2. The lowest BCUT2D eigenvalue weighted by Gasteiger charge is -2.20. The quantitative estimate of drug-likeness (QED) is 0.818. The van der Waals surface area contributed by atoms with Crippen molar-refractivity contribution in [2.24, 2.45) is 11.7 Å². The van der Waals surface area contributed by atoms with Crippen LogP contribution in [0.5, 0.6) is 0 Å². The Morgan fingerprint density at radius 1 is 1.42 bits per heavy atom. The van der Waals surface area contributed by atoms with Gasteiger partial charge in [-0.05, 0) is 24.5 Å². The summed E-state index contributed by atoms with van der Waals surface area (Å²) in [7, 11) is -1.75. The van der Waals surface area contributed by atoms with Gasteiger partial charge in [-0.2, -0.15) is 0 Å². The fourth-order valence-corrected chi connectivity index (χ4v) is 3.14. The molecular formula is C13H20N2O2S2. The van der Waals surface area contributed by atoms with Crippen molar-refractivity contribution < 1.29 is 8.42 Å². The van der Waals surface area contributed by atoms with Gasteiger partial charge >= 0.3 is 0 Å². The SMILES string of the molecule is CC(C)CCS(=O)(=O)N(C)c1cccc(C(N)=S)c1. The Balaban J connectivity index is 2.96. The minimum Gasteiger partial charge on any atom is -0.389 e. The first-order chi connectivity index (χ1) is 8.74. The van der Waals surface area contributed by atoms with E-state index in [-0.39, 0.29) is 10.7 Å². The normalized spacial score (nSPS) is 11.6. The van der Waals surface area contributed by atoms with Gasteiger partial charge < -0.3 is 5.73 Å². The highest BCUT2D eigenvalue weighted by atomic mass is 32.2. The number of benzene rings is 1. The minimum absolute atomic E-state index is 0.137.